The second-order valence-corrected chi connectivity index (χ2v) is 5.84. The molecule has 0 fully saturated rings. The quantitative estimate of drug-likeness (QED) is 0.854. The van der Waals surface area contributed by atoms with E-state index in [0.717, 1.165) is 10.6 Å². The zero-order valence-corrected chi connectivity index (χ0v) is 12.3. The summed E-state index contributed by atoms with van der Waals surface area (Å²) in [4.78, 5) is 18.1. The van der Waals surface area contributed by atoms with Crippen LogP contribution in [0.1, 0.15) is 40.7 Å². The van der Waals surface area contributed by atoms with Crippen LogP contribution in [0.4, 0.5) is 0 Å². The fourth-order valence-corrected chi connectivity index (χ4v) is 2.51. The van der Waals surface area contributed by atoms with Gasteiger partial charge in [-0.15, -0.1) is 11.3 Å². The molecule has 0 aliphatic rings. The Kier molecular flexibility index (Phi) is 4.32. The highest BCUT2D eigenvalue weighted by molar-refractivity contribution is 7.09. The first-order chi connectivity index (χ1) is 9.08. The molecule has 1 aromatic heterocycles. The van der Waals surface area contributed by atoms with Crippen LogP contribution in [0.5, 0.6) is 0 Å². The summed E-state index contributed by atoms with van der Waals surface area (Å²) in [6.07, 6.45) is 1.76. The Bertz CT molecular complexity index is 532. The molecule has 19 heavy (non-hydrogen) atoms. The van der Waals surface area contributed by atoms with E-state index in [2.05, 4.69) is 18.8 Å². The lowest BCUT2D eigenvalue weighted by Gasteiger charge is -2.16. The maximum Gasteiger partial charge on any atom is 0.253 e. The lowest BCUT2D eigenvalue weighted by atomic mass is 10.0. The van der Waals surface area contributed by atoms with Crippen LogP contribution >= 0.6 is 11.3 Å². The predicted octanol–water partition coefficient (Wildman–Crippen LogP) is 3.54. The van der Waals surface area contributed by atoms with E-state index in [9.17, 15) is 4.79 Å². The number of hydrogen-bond donors (Lipinski definition) is 0. The second kappa shape index (κ2) is 5.97. The lowest BCUT2D eigenvalue weighted by Crippen LogP contribution is -2.26. The van der Waals surface area contributed by atoms with Crippen LogP contribution in [0.15, 0.2) is 35.8 Å². The van der Waals surface area contributed by atoms with Crippen molar-refractivity contribution in [3.05, 3.63) is 52.0 Å². The number of thiazole rings is 1. The van der Waals surface area contributed by atoms with Gasteiger partial charge < -0.3 is 4.90 Å². The molecule has 2 aromatic rings. The molecule has 0 aliphatic carbocycles. The summed E-state index contributed by atoms with van der Waals surface area (Å²) in [5, 5.41) is 2.88. The maximum absolute atomic E-state index is 12.3. The van der Waals surface area contributed by atoms with E-state index in [4.69, 9.17) is 0 Å². The van der Waals surface area contributed by atoms with E-state index in [1.165, 1.54) is 5.56 Å². The smallest absolute Gasteiger partial charge is 0.253 e. The van der Waals surface area contributed by atoms with Gasteiger partial charge >= 0.3 is 0 Å². The maximum atomic E-state index is 12.3. The van der Waals surface area contributed by atoms with Crippen LogP contribution in [0, 0.1) is 0 Å². The summed E-state index contributed by atoms with van der Waals surface area (Å²) < 4.78 is 0. The van der Waals surface area contributed by atoms with E-state index >= 15 is 0 Å². The Balaban J connectivity index is 2.06. The van der Waals surface area contributed by atoms with Crippen LogP contribution in [-0.4, -0.2) is 22.8 Å². The molecule has 0 bridgehead atoms. The van der Waals surface area contributed by atoms with Gasteiger partial charge in [0.2, 0.25) is 0 Å². The molecule has 0 aliphatic heterocycles. The summed E-state index contributed by atoms with van der Waals surface area (Å²) in [5.74, 6) is 0.516. The first-order valence-corrected chi connectivity index (χ1v) is 7.19. The Morgan fingerprint density at radius 3 is 2.53 bits per heavy atom. The Labute approximate surface area is 117 Å². The zero-order chi connectivity index (χ0) is 13.8. The van der Waals surface area contributed by atoms with Crippen molar-refractivity contribution in [3.8, 4) is 0 Å². The SMILES string of the molecule is CC(C)c1ccc(C(=O)N(C)Cc2nccs2)cc1. The lowest BCUT2D eigenvalue weighted by molar-refractivity contribution is 0.0785. The number of carbonyl (C=O) groups is 1. The summed E-state index contributed by atoms with van der Waals surface area (Å²) >= 11 is 1.57. The largest absolute Gasteiger partial charge is 0.335 e. The molecular formula is C15H18N2OS. The first kappa shape index (κ1) is 13.7. The van der Waals surface area contributed by atoms with Crippen LogP contribution < -0.4 is 0 Å². The van der Waals surface area contributed by atoms with Crippen LogP contribution in [0.3, 0.4) is 0 Å². The molecule has 0 saturated heterocycles. The summed E-state index contributed by atoms with van der Waals surface area (Å²) in [7, 11) is 1.81. The highest BCUT2D eigenvalue weighted by Gasteiger charge is 2.13. The normalized spacial score (nSPS) is 10.7. The Morgan fingerprint density at radius 2 is 2.00 bits per heavy atom. The first-order valence-electron chi connectivity index (χ1n) is 6.31. The van der Waals surface area contributed by atoms with E-state index in [1.54, 1.807) is 29.5 Å². The third-order valence-electron chi connectivity index (χ3n) is 3.03. The number of nitrogens with zero attached hydrogens (tertiary/aromatic N) is 2. The Morgan fingerprint density at radius 1 is 1.32 bits per heavy atom. The van der Waals surface area contributed by atoms with Gasteiger partial charge in [0.1, 0.15) is 5.01 Å². The molecule has 0 spiro atoms. The van der Waals surface area contributed by atoms with Crippen molar-refractivity contribution in [3.63, 3.8) is 0 Å². The fourth-order valence-electron chi connectivity index (χ4n) is 1.84. The molecule has 4 heteroatoms. The number of hydrogen-bond acceptors (Lipinski definition) is 3. The molecule has 100 valence electrons. The minimum Gasteiger partial charge on any atom is -0.335 e. The second-order valence-electron chi connectivity index (χ2n) is 4.86. The van der Waals surface area contributed by atoms with E-state index < -0.39 is 0 Å². The van der Waals surface area contributed by atoms with E-state index in [0.29, 0.717) is 12.5 Å². The summed E-state index contributed by atoms with van der Waals surface area (Å²) in [6.45, 7) is 4.85. The van der Waals surface area contributed by atoms with Crippen LogP contribution in [-0.2, 0) is 6.54 Å². The van der Waals surface area contributed by atoms with Gasteiger partial charge in [-0.3, -0.25) is 4.79 Å². The molecule has 1 amide bonds. The molecule has 0 radical (unpaired) electrons. The van der Waals surface area contributed by atoms with Crippen molar-refractivity contribution in [2.75, 3.05) is 7.05 Å². The fraction of sp³-hybridized carbons (Fsp3) is 0.333. The number of aromatic nitrogens is 1. The van der Waals surface area contributed by atoms with Gasteiger partial charge in [-0.25, -0.2) is 4.98 Å². The predicted molar refractivity (Wildman–Crippen MR) is 78.4 cm³/mol. The third kappa shape index (κ3) is 3.41. The van der Waals surface area contributed by atoms with Crippen molar-refractivity contribution >= 4 is 17.2 Å². The van der Waals surface area contributed by atoms with Crippen molar-refractivity contribution in [2.45, 2.75) is 26.3 Å². The van der Waals surface area contributed by atoms with Gasteiger partial charge in [0, 0.05) is 24.2 Å². The molecule has 0 unspecified atom stereocenters. The van der Waals surface area contributed by atoms with Crippen molar-refractivity contribution in [1.82, 2.24) is 9.88 Å². The monoisotopic (exact) mass is 274 g/mol. The molecule has 1 aromatic carbocycles. The summed E-state index contributed by atoms with van der Waals surface area (Å²) in [6, 6.07) is 7.84. The molecule has 2 rings (SSSR count). The van der Waals surface area contributed by atoms with Gasteiger partial charge in [-0.2, -0.15) is 0 Å². The highest BCUT2D eigenvalue weighted by atomic mass is 32.1. The third-order valence-corrected chi connectivity index (χ3v) is 3.79. The average molecular weight is 274 g/mol. The molecule has 0 saturated carbocycles. The molecule has 1 heterocycles. The number of carbonyl (C=O) groups excluding carboxylic acids is 1. The van der Waals surface area contributed by atoms with Gasteiger partial charge in [0.25, 0.3) is 5.91 Å². The molecule has 0 atom stereocenters. The van der Waals surface area contributed by atoms with Gasteiger partial charge in [0.05, 0.1) is 6.54 Å². The van der Waals surface area contributed by atoms with Crippen molar-refractivity contribution in [1.29, 1.82) is 0 Å². The number of amides is 1. The number of rotatable bonds is 4. The van der Waals surface area contributed by atoms with Gasteiger partial charge in [0.15, 0.2) is 0 Å². The minimum absolute atomic E-state index is 0.0329. The molecule has 0 N–H and O–H groups in total. The van der Waals surface area contributed by atoms with Gasteiger partial charge in [-0.05, 0) is 23.6 Å². The van der Waals surface area contributed by atoms with E-state index in [1.807, 2.05) is 29.6 Å². The topological polar surface area (TPSA) is 33.2 Å². The minimum atomic E-state index is 0.0329. The van der Waals surface area contributed by atoms with Crippen molar-refractivity contribution in [2.24, 2.45) is 0 Å². The average Bonchev–Trinajstić information content (AvgIpc) is 2.90. The number of benzene rings is 1. The van der Waals surface area contributed by atoms with Gasteiger partial charge in [-0.1, -0.05) is 26.0 Å². The Hall–Kier alpha value is -1.68. The van der Waals surface area contributed by atoms with Crippen LogP contribution in [0.25, 0.3) is 0 Å². The van der Waals surface area contributed by atoms with Crippen molar-refractivity contribution < 1.29 is 4.79 Å². The highest BCUT2D eigenvalue weighted by Crippen LogP contribution is 2.16. The van der Waals surface area contributed by atoms with Crippen LogP contribution in [0.2, 0.25) is 0 Å². The van der Waals surface area contributed by atoms with E-state index in [-0.39, 0.29) is 5.91 Å². The molecule has 3 nitrogen and oxygen atoms in total. The standard InChI is InChI=1S/C15H18N2OS/c1-11(2)12-4-6-13(7-5-12)15(18)17(3)10-14-16-8-9-19-14/h4-9,11H,10H2,1-3H3. The molecular weight excluding hydrogens is 256 g/mol. The summed E-state index contributed by atoms with van der Waals surface area (Å²) in [5.41, 5.74) is 1.97. The zero-order valence-electron chi connectivity index (χ0n) is 11.5.